The van der Waals surface area contributed by atoms with Crippen LogP contribution in [0.15, 0.2) is 47.4 Å². The lowest BCUT2D eigenvalue weighted by Crippen LogP contribution is -2.48. The van der Waals surface area contributed by atoms with Gasteiger partial charge in [0.15, 0.2) is 11.5 Å². The van der Waals surface area contributed by atoms with E-state index in [4.69, 9.17) is 9.47 Å². The fourth-order valence-corrected chi connectivity index (χ4v) is 4.98. The van der Waals surface area contributed by atoms with Gasteiger partial charge in [0, 0.05) is 25.7 Å². The Labute approximate surface area is 161 Å². The molecule has 1 unspecified atom stereocenters. The molecule has 6 nitrogen and oxygen atoms in total. The molecule has 1 aliphatic rings. The monoisotopic (exact) mass is 390 g/mol. The van der Waals surface area contributed by atoms with Crippen LogP contribution in [0.2, 0.25) is 0 Å². The average Bonchev–Trinajstić information content (AvgIpc) is 2.73. The third kappa shape index (κ3) is 3.95. The van der Waals surface area contributed by atoms with Crippen molar-refractivity contribution in [3.8, 4) is 11.5 Å². The number of hydrogen-bond acceptors (Lipinski definition) is 5. The van der Waals surface area contributed by atoms with E-state index in [2.05, 4.69) is 24.4 Å². The highest BCUT2D eigenvalue weighted by Crippen LogP contribution is 2.34. The molecule has 1 aliphatic heterocycles. The van der Waals surface area contributed by atoms with Crippen LogP contribution in [0, 0.1) is 0 Å². The van der Waals surface area contributed by atoms with Gasteiger partial charge in [0.25, 0.3) is 0 Å². The first-order valence-electron chi connectivity index (χ1n) is 9.04. The molecule has 0 aliphatic carbocycles. The Morgan fingerprint density at radius 2 is 1.78 bits per heavy atom. The lowest BCUT2D eigenvalue weighted by Gasteiger charge is -2.35. The molecule has 3 rings (SSSR count). The number of methoxy groups -OCH3 is 2. The zero-order valence-electron chi connectivity index (χ0n) is 15.9. The van der Waals surface area contributed by atoms with Gasteiger partial charge in [0.05, 0.1) is 25.2 Å². The Kier molecular flexibility index (Phi) is 6.04. The van der Waals surface area contributed by atoms with Gasteiger partial charge in [0.1, 0.15) is 0 Å². The van der Waals surface area contributed by atoms with Gasteiger partial charge >= 0.3 is 0 Å². The molecule has 0 saturated carbocycles. The number of hydrogen-bond donors (Lipinski definition) is 1. The van der Waals surface area contributed by atoms with Crippen LogP contribution in [-0.4, -0.2) is 46.6 Å². The van der Waals surface area contributed by atoms with E-state index in [0.717, 1.165) is 12.0 Å². The third-order valence-corrected chi connectivity index (χ3v) is 6.83. The number of rotatable bonds is 6. The van der Waals surface area contributed by atoms with Crippen LogP contribution in [0.3, 0.4) is 0 Å². The number of aryl methyl sites for hydroxylation is 1. The van der Waals surface area contributed by atoms with Gasteiger partial charge < -0.3 is 14.8 Å². The van der Waals surface area contributed by atoms with Crippen molar-refractivity contribution in [1.82, 2.24) is 9.62 Å². The number of benzene rings is 2. The number of piperazine rings is 1. The topological polar surface area (TPSA) is 67.9 Å². The van der Waals surface area contributed by atoms with Gasteiger partial charge in [-0.2, -0.15) is 4.31 Å². The summed E-state index contributed by atoms with van der Waals surface area (Å²) in [6.45, 7) is 3.72. The largest absolute Gasteiger partial charge is 0.493 e. The van der Waals surface area contributed by atoms with Gasteiger partial charge in [-0.3, -0.25) is 0 Å². The van der Waals surface area contributed by atoms with Crippen molar-refractivity contribution in [1.29, 1.82) is 0 Å². The Morgan fingerprint density at radius 1 is 1.07 bits per heavy atom. The predicted octanol–water partition coefficient (Wildman–Crippen LogP) is 2.60. The summed E-state index contributed by atoms with van der Waals surface area (Å²) in [6, 6.07) is 12.6. The van der Waals surface area contributed by atoms with E-state index >= 15 is 0 Å². The summed E-state index contributed by atoms with van der Waals surface area (Å²) < 4.78 is 38.8. The molecule has 1 heterocycles. The molecule has 7 heteroatoms. The van der Waals surface area contributed by atoms with Crippen molar-refractivity contribution in [2.75, 3.05) is 33.9 Å². The summed E-state index contributed by atoms with van der Waals surface area (Å²) in [5, 5.41) is 3.31. The highest BCUT2D eigenvalue weighted by molar-refractivity contribution is 7.89. The minimum Gasteiger partial charge on any atom is -0.493 e. The first kappa shape index (κ1) is 19.7. The highest BCUT2D eigenvalue weighted by atomic mass is 32.2. The van der Waals surface area contributed by atoms with Crippen molar-refractivity contribution < 1.29 is 17.9 Å². The molecule has 1 fully saturated rings. The van der Waals surface area contributed by atoms with Gasteiger partial charge in [-0.15, -0.1) is 0 Å². The van der Waals surface area contributed by atoms with E-state index in [1.54, 1.807) is 16.4 Å². The molecule has 2 aromatic rings. The summed E-state index contributed by atoms with van der Waals surface area (Å²) in [7, 11) is -0.652. The fraction of sp³-hybridized carbons (Fsp3) is 0.400. The maximum atomic E-state index is 13.4. The standard InChI is InChI=1S/C20H26N2O4S/c1-4-15-5-7-16(8-6-15)18-14-21-11-12-22(18)27(23,24)17-9-10-19(25-2)20(13-17)26-3/h5-10,13,18,21H,4,11-12,14H2,1-3H3. The molecular weight excluding hydrogens is 364 g/mol. The van der Waals surface area contributed by atoms with Gasteiger partial charge in [-0.1, -0.05) is 31.2 Å². The van der Waals surface area contributed by atoms with Crippen molar-refractivity contribution in [3.05, 3.63) is 53.6 Å². The summed E-state index contributed by atoms with van der Waals surface area (Å²) in [5.41, 5.74) is 2.22. The number of sulfonamides is 1. The quantitative estimate of drug-likeness (QED) is 0.821. The van der Waals surface area contributed by atoms with E-state index in [-0.39, 0.29) is 10.9 Å². The van der Waals surface area contributed by atoms with Crippen molar-refractivity contribution >= 4 is 10.0 Å². The lowest BCUT2D eigenvalue weighted by atomic mass is 10.0. The second kappa shape index (κ2) is 8.29. The second-order valence-electron chi connectivity index (χ2n) is 6.45. The summed E-state index contributed by atoms with van der Waals surface area (Å²) >= 11 is 0. The van der Waals surface area contributed by atoms with Crippen LogP contribution < -0.4 is 14.8 Å². The Balaban J connectivity index is 1.97. The predicted molar refractivity (Wildman–Crippen MR) is 105 cm³/mol. The average molecular weight is 391 g/mol. The molecule has 0 bridgehead atoms. The van der Waals surface area contributed by atoms with Crippen LogP contribution in [0.5, 0.6) is 11.5 Å². The van der Waals surface area contributed by atoms with Crippen LogP contribution >= 0.6 is 0 Å². The normalized spacial score (nSPS) is 18.3. The first-order valence-corrected chi connectivity index (χ1v) is 10.5. The van der Waals surface area contributed by atoms with Crippen molar-refractivity contribution in [3.63, 3.8) is 0 Å². The van der Waals surface area contributed by atoms with E-state index < -0.39 is 10.0 Å². The maximum absolute atomic E-state index is 13.4. The maximum Gasteiger partial charge on any atom is 0.243 e. The van der Waals surface area contributed by atoms with Crippen LogP contribution in [0.1, 0.15) is 24.1 Å². The van der Waals surface area contributed by atoms with Crippen LogP contribution in [0.25, 0.3) is 0 Å². The second-order valence-corrected chi connectivity index (χ2v) is 8.34. The highest BCUT2D eigenvalue weighted by Gasteiger charge is 2.34. The molecule has 0 radical (unpaired) electrons. The molecule has 27 heavy (non-hydrogen) atoms. The van der Waals surface area contributed by atoms with E-state index in [1.165, 1.54) is 25.8 Å². The third-order valence-electron chi connectivity index (χ3n) is 4.93. The zero-order valence-corrected chi connectivity index (χ0v) is 16.8. The van der Waals surface area contributed by atoms with Crippen molar-refractivity contribution in [2.45, 2.75) is 24.3 Å². The minimum absolute atomic E-state index is 0.206. The number of ether oxygens (including phenoxy) is 2. The molecule has 0 spiro atoms. The van der Waals surface area contributed by atoms with Gasteiger partial charge in [0.2, 0.25) is 10.0 Å². The molecule has 0 aromatic heterocycles. The molecule has 2 aromatic carbocycles. The molecule has 1 atom stereocenters. The summed E-state index contributed by atoms with van der Waals surface area (Å²) in [4.78, 5) is 0.206. The molecule has 146 valence electrons. The number of nitrogens with one attached hydrogen (secondary N) is 1. The minimum atomic E-state index is -3.67. The SMILES string of the molecule is CCc1ccc(C2CNCCN2S(=O)(=O)c2ccc(OC)c(OC)c2)cc1. The Hall–Kier alpha value is -2.09. The van der Waals surface area contributed by atoms with E-state index in [0.29, 0.717) is 31.1 Å². The van der Waals surface area contributed by atoms with E-state index in [9.17, 15) is 8.42 Å². The van der Waals surface area contributed by atoms with Crippen molar-refractivity contribution in [2.24, 2.45) is 0 Å². The summed E-state index contributed by atoms with van der Waals surface area (Å²) in [6.07, 6.45) is 0.955. The smallest absolute Gasteiger partial charge is 0.243 e. The lowest BCUT2D eigenvalue weighted by molar-refractivity contribution is 0.271. The molecule has 0 amide bonds. The van der Waals surface area contributed by atoms with E-state index in [1.807, 2.05) is 12.1 Å². The van der Waals surface area contributed by atoms with Gasteiger partial charge in [-0.25, -0.2) is 8.42 Å². The first-order chi connectivity index (χ1) is 13.0. The molecular formula is C20H26N2O4S. The van der Waals surface area contributed by atoms with Crippen LogP contribution in [-0.2, 0) is 16.4 Å². The Morgan fingerprint density at radius 3 is 2.41 bits per heavy atom. The summed E-state index contributed by atoms with van der Waals surface area (Å²) in [5.74, 6) is 0.904. The molecule has 1 N–H and O–H groups in total. The molecule has 1 saturated heterocycles. The van der Waals surface area contributed by atoms with Crippen LogP contribution in [0.4, 0.5) is 0 Å². The zero-order chi connectivity index (χ0) is 19.4. The Bertz CT molecular complexity index is 881. The van der Waals surface area contributed by atoms with Gasteiger partial charge in [-0.05, 0) is 29.7 Å². The fourth-order valence-electron chi connectivity index (χ4n) is 3.35. The number of nitrogens with zero attached hydrogens (tertiary/aromatic N) is 1.